The first kappa shape index (κ1) is 7.03. The van der Waals surface area contributed by atoms with E-state index in [2.05, 4.69) is 0 Å². The van der Waals surface area contributed by atoms with Crippen LogP contribution in [0.2, 0.25) is 0 Å². The van der Waals surface area contributed by atoms with Crippen molar-refractivity contribution in [1.29, 1.82) is 0 Å². The molecule has 0 N–H and O–H groups in total. The number of hydrogen-bond donors (Lipinski definition) is 0. The maximum absolute atomic E-state index is 11.3. The van der Waals surface area contributed by atoms with E-state index in [0.29, 0.717) is 0 Å². The largest absolute Gasteiger partial charge is 0.294 e. The zero-order valence-corrected chi connectivity index (χ0v) is 11.0. The number of benzene rings is 1. The molecule has 1 aromatic carbocycles. The van der Waals surface area contributed by atoms with Gasteiger partial charge in [0.2, 0.25) is 0 Å². The summed E-state index contributed by atoms with van der Waals surface area (Å²) in [6.07, 6.45) is 0.383. The minimum absolute atomic E-state index is 0.122. The van der Waals surface area contributed by atoms with Gasteiger partial charge in [0, 0.05) is 21.8 Å². The monoisotopic (exact) mass is 276 g/mol. The molecule has 1 aromatic rings. The van der Waals surface area contributed by atoms with Gasteiger partial charge in [-0.25, -0.2) is 0 Å². The van der Waals surface area contributed by atoms with Crippen LogP contribution in [0.1, 0.15) is 28.5 Å². The van der Waals surface area contributed by atoms with E-state index in [1.165, 1.54) is 4.90 Å². The van der Waals surface area contributed by atoms with Gasteiger partial charge in [0.05, 0.1) is 19.2 Å². The van der Waals surface area contributed by atoms with Crippen molar-refractivity contribution in [3.8, 4) is 0 Å². The molecular weight excluding hydrogens is 250 g/mol. The second-order valence-corrected chi connectivity index (χ2v) is 5.77. The molecule has 0 aromatic heterocycles. The highest BCUT2D eigenvalue weighted by atomic mass is 32.2. The Morgan fingerprint density at radius 1 is 1.50 bits per heavy atom. The van der Waals surface area contributed by atoms with Gasteiger partial charge in [-0.1, -0.05) is 30.2 Å². The number of rotatable bonds is 4. The molecule has 100 valence electrons. The standard InChI is InChI=1S/C13H19NO3S/c1-11-13(17-18(2,15)16)8-9-14(11)10-12-6-4-3-5-7-12/h3-7,11,13H,8-10H2,1-2H3/t11-,13+/m1/s1/i3D,4D,5D,6D,7D,10D2. The highest BCUT2D eigenvalue weighted by Crippen LogP contribution is 2.23. The number of nitrogens with zero attached hydrogens (tertiary/aromatic N) is 1. The summed E-state index contributed by atoms with van der Waals surface area (Å²) in [5.41, 5.74) is -0.467. The van der Waals surface area contributed by atoms with Crippen LogP contribution in [0.5, 0.6) is 0 Å². The van der Waals surface area contributed by atoms with Crippen LogP contribution in [0.25, 0.3) is 0 Å². The molecule has 1 saturated heterocycles. The molecule has 18 heavy (non-hydrogen) atoms. The van der Waals surface area contributed by atoms with Crippen LogP contribution >= 0.6 is 0 Å². The predicted molar refractivity (Wildman–Crippen MR) is 70.6 cm³/mol. The fraction of sp³-hybridized carbons (Fsp3) is 0.538. The quantitative estimate of drug-likeness (QED) is 0.784. The fourth-order valence-corrected chi connectivity index (χ4v) is 2.58. The van der Waals surface area contributed by atoms with Crippen molar-refractivity contribution in [1.82, 2.24) is 4.90 Å². The Morgan fingerprint density at radius 3 is 2.78 bits per heavy atom. The number of hydrogen-bond acceptors (Lipinski definition) is 4. The van der Waals surface area contributed by atoms with Crippen LogP contribution in [0.3, 0.4) is 0 Å². The summed E-state index contributed by atoms with van der Waals surface area (Å²) in [6, 6.07) is -3.72. The first-order valence-electron chi connectivity index (χ1n) is 9.01. The maximum atomic E-state index is 11.3. The SMILES string of the molecule is [2H]c1c([2H])c([2H])c(C([2H])([2H])N2CC[C@H](OS(C)(=O)=O)[C@H]2C)c([2H])c1[2H]. The lowest BCUT2D eigenvalue weighted by molar-refractivity contribution is 0.150. The summed E-state index contributed by atoms with van der Waals surface area (Å²) in [7, 11) is -3.72. The molecule has 0 spiro atoms. The summed E-state index contributed by atoms with van der Waals surface area (Å²) in [5, 5.41) is 0. The average Bonchev–Trinajstić information content (AvgIpc) is 2.83. The summed E-state index contributed by atoms with van der Waals surface area (Å²) >= 11 is 0. The van der Waals surface area contributed by atoms with Crippen LogP contribution in [0.15, 0.2) is 30.2 Å². The first-order chi connectivity index (χ1) is 11.3. The van der Waals surface area contributed by atoms with Crippen LogP contribution in [-0.2, 0) is 20.8 Å². The molecule has 0 saturated carbocycles. The van der Waals surface area contributed by atoms with Gasteiger partial charge in [-0.2, -0.15) is 8.42 Å². The molecule has 2 atom stereocenters. The lowest BCUT2D eigenvalue weighted by Crippen LogP contribution is -2.34. The average molecular weight is 276 g/mol. The normalized spacial score (nSPS) is 31.8. The van der Waals surface area contributed by atoms with Crippen molar-refractivity contribution in [2.75, 3.05) is 12.8 Å². The molecule has 1 fully saturated rings. The maximum Gasteiger partial charge on any atom is 0.264 e. The van der Waals surface area contributed by atoms with Gasteiger partial charge in [0.15, 0.2) is 0 Å². The van der Waals surface area contributed by atoms with E-state index in [-0.39, 0.29) is 13.0 Å². The molecule has 5 heteroatoms. The molecule has 1 aliphatic heterocycles. The second-order valence-electron chi connectivity index (χ2n) is 4.17. The van der Waals surface area contributed by atoms with Gasteiger partial charge in [-0.15, -0.1) is 0 Å². The van der Waals surface area contributed by atoms with Crippen LogP contribution in [0, 0.1) is 0 Å². The minimum Gasteiger partial charge on any atom is -0.294 e. The summed E-state index contributed by atoms with van der Waals surface area (Å²) in [6.45, 7) is -0.686. The summed E-state index contributed by atoms with van der Waals surface area (Å²) in [4.78, 5) is 1.26. The minimum atomic E-state index is -3.72. The Hall–Kier alpha value is -0.910. The Balaban J connectivity index is 2.47. The van der Waals surface area contributed by atoms with E-state index in [9.17, 15) is 8.42 Å². The van der Waals surface area contributed by atoms with Gasteiger partial charge >= 0.3 is 0 Å². The van der Waals surface area contributed by atoms with E-state index < -0.39 is 64.5 Å². The van der Waals surface area contributed by atoms with Gasteiger partial charge in [0.25, 0.3) is 10.1 Å². The topological polar surface area (TPSA) is 46.6 Å². The van der Waals surface area contributed by atoms with Crippen molar-refractivity contribution in [2.45, 2.75) is 32.0 Å². The van der Waals surface area contributed by atoms with Crippen molar-refractivity contribution < 1.29 is 22.2 Å². The van der Waals surface area contributed by atoms with Gasteiger partial charge in [0.1, 0.15) is 0 Å². The molecule has 2 rings (SSSR count). The molecule has 0 amide bonds. The van der Waals surface area contributed by atoms with Crippen molar-refractivity contribution in [3.05, 3.63) is 35.8 Å². The Bertz CT molecular complexity index is 770. The zero-order chi connectivity index (χ0) is 19.3. The van der Waals surface area contributed by atoms with Crippen molar-refractivity contribution in [2.24, 2.45) is 0 Å². The third-order valence-corrected chi connectivity index (χ3v) is 3.33. The Labute approximate surface area is 119 Å². The van der Waals surface area contributed by atoms with E-state index >= 15 is 0 Å². The molecule has 0 unspecified atom stereocenters. The number of likely N-dealkylation sites (tertiary alicyclic amines) is 1. The third-order valence-electron chi connectivity index (χ3n) is 2.74. The molecular formula is C13H19NO3S. The molecule has 0 bridgehead atoms. The third kappa shape index (κ3) is 3.54. The molecule has 0 radical (unpaired) electrons. The zero-order valence-electron chi connectivity index (χ0n) is 17.1. The first-order valence-corrected chi connectivity index (χ1v) is 7.33. The Morgan fingerprint density at radius 2 is 2.17 bits per heavy atom. The van der Waals surface area contributed by atoms with Gasteiger partial charge in [-0.3, -0.25) is 9.08 Å². The van der Waals surface area contributed by atoms with E-state index in [1.54, 1.807) is 6.92 Å². The van der Waals surface area contributed by atoms with Gasteiger partial charge in [-0.05, 0) is 18.9 Å². The molecule has 4 nitrogen and oxygen atoms in total. The van der Waals surface area contributed by atoms with Crippen LogP contribution < -0.4 is 0 Å². The van der Waals surface area contributed by atoms with Crippen LogP contribution in [0.4, 0.5) is 0 Å². The van der Waals surface area contributed by atoms with E-state index in [1.807, 2.05) is 0 Å². The summed E-state index contributed by atoms with van der Waals surface area (Å²) in [5.74, 6) is 0. The lowest BCUT2D eigenvalue weighted by atomic mass is 10.2. The molecule has 0 aliphatic carbocycles. The highest BCUT2D eigenvalue weighted by Gasteiger charge is 2.33. The van der Waals surface area contributed by atoms with E-state index in [0.717, 1.165) is 6.26 Å². The Kier molecular flexibility index (Phi) is 2.10. The highest BCUT2D eigenvalue weighted by molar-refractivity contribution is 7.86. The van der Waals surface area contributed by atoms with E-state index in [4.69, 9.17) is 13.8 Å². The van der Waals surface area contributed by atoms with Crippen molar-refractivity contribution >= 4 is 10.1 Å². The molecule has 1 heterocycles. The summed E-state index contributed by atoms with van der Waals surface area (Å²) < 4.78 is 83.3. The van der Waals surface area contributed by atoms with Crippen LogP contribution in [-0.4, -0.2) is 38.3 Å². The molecule has 1 aliphatic rings. The predicted octanol–water partition coefficient (Wildman–Crippen LogP) is 1.63. The van der Waals surface area contributed by atoms with Gasteiger partial charge < -0.3 is 0 Å². The lowest BCUT2D eigenvalue weighted by Gasteiger charge is -2.23. The van der Waals surface area contributed by atoms with Crippen molar-refractivity contribution in [3.63, 3.8) is 0 Å². The fourth-order valence-electron chi connectivity index (χ4n) is 1.87. The smallest absolute Gasteiger partial charge is 0.264 e. The second kappa shape index (κ2) is 5.38.